The number of para-hydroxylation sites is 1. The lowest BCUT2D eigenvalue weighted by atomic mass is 9.93. The van der Waals surface area contributed by atoms with Crippen LogP contribution in [0.15, 0.2) is 24.3 Å². The van der Waals surface area contributed by atoms with Crippen molar-refractivity contribution >= 4 is 11.8 Å². The van der Waals surface area contributed by atoms with E-state index in [0.717, 1.165) is 18.7 Å². The van der Waals surface area contributed by atoms with Crippen molar-refractivity contribution < 1.29 is 19.2 Å². The molecule has 1 atom stereocenters. The summed E-state index contributed by atoms with van der Waals surface area (Å²) in [5.41, 5.74) is 3.28. The second-order valence-corrected chi connectivity index (χ2v) is 5.69. The van der Waals surface area contributed by atoms with E-state index in [0.29, 0.717) is 38.5 Å². The van der Waals surface area contributed by atoms with E-state index >= 15 is 0 Å². The zero-order valence-corrected chi connectivity index (χ0v) is 12.9. The molecule has 0 aromatic heterocycles. The maximum atomic E-state index is 12.0. The molecule has 2 aliphatic heterocycles. The van der Waals surface area contributed by atoms with E-state index in [9.17, 15) is 9.59 Å². The molecule has 1 aromatic carbocycles. The maximum Gasteiger partial charge on any atom is 0.260 e. The number of hydrogen-bond donors (Lipinski definition) is 2. The van der Waals surface area contributed by atoms with Gasteiger partial charge < -0.3 is 14.9 Å². The highest BCUT2D eigenvalue weighted by molar-refractivity contribution is 5.85. The molecule has 3 rings (SSSR count). The van der Waals surface area contributed by atoms with Crippen LogP contribution < -0.4 is 15.6 Å². The molecule has 7 heteroatoms. The van der Waals surface area contributed by atoms with Gasteiger partial charge in [-0.15, -0.1) is 0 Å². The highest BCUT2D eigenvalue weighted by Gasteiger charge is 2.28. The lowest BCUT2D eigenvalue weighted by Crippen LogP contribution is -2.44. The Labute approximate surface area is 134 Å². The van der Waals surface area contributed by atoms with Crippen molar-refractivity contribution in [2.75, 3.05) is 39.4 Å². The van der Waals surface area contributed by atoms with Crippen LogP contribution in [0.25, 0.3) is 0 Å². The van der Waals surface area contributed by atoms with Gasteiger partial charge in [-0.1, -0.05) is 18.2 Å². The third-order valence-corrected chi connectivity index (χ3v) is 4.10. The van der Waals surface area contributed by atoms with Gasteiger partial charge in [-0.05, 0) is 12.5 Å². The Hall–Kier alpha value is -2.12. The van der Waals surface area contributed by atoms with Crippen molar-refractivity contribution in [2.45, 2.75) is 12.3 Å². The Morgan fingerprint density at radius 2 is 2.09 bits per heavy atom. The first kappa shape index (κ1) is 15.8. The van der Waals surface area contributed by atoms with Crippen LogP contribution in [-0.2, 0) is 14.3 Å². The number of hydroxylamine groups is 1. The molecule has 124 valence electrons. The summed E-state index contributed by atoms with van der Waals surface area (Å²) in [7, 11) is 0. The predicted octanol–water partition coefficient (Wildman–Crippen LogP) is 0.0323. The topological polar surface area (TPSA) is 79.9 Å². The number of hydrogen-bond acceptors (Lipinski definition) is 5. The molecule has 1 fully saturated rings. The molecule has 2 amide bonds. The number of fused-ring (bicyclic) bond motifs is 1. The van der Waals surface area contributed by atoms with Gasteiger partial charge in [0, 0.05) is 25.2 Å². The summed E-state index contributed by atoms with van der Waals surface area (Å²) in [5.74, 6) is 0.166. The van der Waals surface area contributed by atoms with Crippen LogP contribution >= 0.6 is 0 Å². The van der Waals surface area contributed by atoms with Gasteiger partial charge in [-0.2, -0.15) is 5.48 Å². The molecule has 0 radical (unpaired) electrons. The summed E-state index contributed by atoms with van der Waals surface area (Å²) < 4.78 is 5.26. The monoisotopic (exact) mass is 319 g/mol. The number of rotatable bonds is 5. The SMILES string of the molecule is O=C(CN1CCOCC1)NCCC1C(=O)NOc2ccccc21. The fourth-order valence-corrected chi connectivity index (χ4v) is 2.84. The smallest absolute Gasteiger partial charge is 0.260 e. The lowest BCUT2D eigenvalue weighted by Gasteiger charge is -2.26. The minimum atomic E-state index is -0.302. The normalized spacial score (nSPS) is 21.0. The number of nitrogens with zero attached hydrogens (tertiary/aromatic N) is 1. The van der Waals surface area contributed by atoms with E-state index in [2.05, 4.69) is 15.7 Å². The second-order valence-electron chi connectivity index (χ2n) is 5.69. The number of nitrogens with one attached hydrogen (secondary N) is 2. The molecule has 0 aliphatic carbocycles. The van der Waals surface area contributed by atoms with Crippen molar-refractivity contribution in [3.63, 3.8) is 0 Å². The Bertz CT molecular complexity index is 572. The van der Waals surface area contributed by atoms with Gasteiger partial charge in [-0.25, -0.2) is 0 Å². The molecule has 7 nitrogen and oxygen atoms in total. The zero-order chi connectivity index (χ0) is 16.1. The van der Waals surface area contributed by atoms with Crippen LogP contribution in [-0.4, -0.2) is 56.1 Å². The number of amides is 2. The van der Waals surface area contributed by atoms with Gasteiger partial charge >= 0.3 is 0 Å². The molecular weight excluding hydrogens is 298 g/mol. The predicted molar refractivity (Wildman–Crippen MR) is 82.8 cm³/mol. The van der Waals surface area contributed by atoms with Gasteiger partial charge in [0.05, 0.1) is 25.7 Å². The third-order valence-electron chi connectivity index (χ3n) is 4.10. The molecule has 2 aliphatic rings. The molecule has 1 saturated heterocycles. The zero-order valence-electron chi connectivity index (χ0n) is 12.9. The lowest BCUT2D eigenvalue weighted by molar-refractivity contribution is -0.131. The van der Waals surface area contributed by atoms with Gasteiger partial charge in [0.2, 0.25) is 5.91 Å². The van der Waals surface area contributed by atoms with E-state index in [1.165, 1.54) is 0 Å². The van der Waals surface area contributed by atoms with Crippen LogP contribution in [0.2, 0.25) is 0 Å². The first-order valence-corrected chi connectivity index (χ1v) is 7.86. The molecule has 2 heterocycles. The van der Waals surface area contributed by atoms with E-state index in [-0.39, 0.29) is 17.7 Å². The summed E-state index contributed by atoms with van der Waals surface area (Å²) >= 11 is 0. The molecule has 0 saturated carbocycles. The molecule has 23 heavy (non-hydrogen) atoms. The van der Waals surface area contributed by atoms with Crippen molar-refractivity contribution in [3.05, 3.63) is 29.8 Å². The van der Waals surface area contributed by atoms with E-state index < -0.39 is 0 Å². The van der Waals surface area contributed by atoms with Crippen LogP contribution in [0.5, 0.6) is 5.75 Å². The van der Waals surface area contributed by atoms with Crippen molar-refractivity contribution in [1.29, 1.82) is 0 Å². The summed E-state index contributed by atoms with van der Waals surface area (Å²) in [6.07, 6.45) is 0.543. The van der Waals surface area contributed by atoms with E-state index in [1.807, 2.05) is 24.3 Å². The molecule has 2 N–H and O–H groups in total. The fourth-order valence-electron chi connectivity index (χ4n) is 2.84. The first-order chi connectivity index (χ1) is 11.2. The molecule has 1 aromatic rings. The number of benzene rings is 1. The molecule has 1 unspecified atom stereocenters. The summed E-state index contributed by atoms with van der Waals surface area (Å²) in [5, 5.41) is 2.89. The average Bonchev–Trinajstić information content (AvgIpc) is 2.58. The van der Waals surface area contributed by atoms with Crippen molar-refractivity contribution in [3.8, 4) is 5.75 Å². The molecular formula is C16H21N3O4. The molecule has 0 spiro atoms. The quantitative estimate of drug-likeness (QED) is 0.801. The highest BCUT2D eigenvalue weighted by Crippen LogP contribution is 2.31. The third kappa shape index (κ3) is 4.00. The van der Waals surface area contributed by atoms with Crippen LogP contribution in [0.1, 0.15) is 17.9 Å². The summed E-state index contributed by atoms with van der Waals surface area (Å²) in [6.45, 7) is 3.74. The van der Waals surface area contributed by atoms with Gasteiger partial charge in [0.1, 0.15) is 0 Å². The number of carbonyl (C=O) groups is 2. The van der Waals surface area contributed by atoms with Crippen LogP contribution in [0.4, 0.5) is 0 Å². The molecule has 0 bridgehead atoms. The largest absolute Gasteiger partial charge is 0.379 e. The summed E-state index contributed by atoms with van der Waals surface area (Å²) in [4.78, 5) is 31.2. The second kappa shape index (κ2) is 7.43. The highest BCUT2D eigenvalue weighted by atomic mass is 16.7. The minimum absolute atomic E-state index is 0.0207. The van der Waals surface area contributed by atoms with Crippen LogP contribution in [0.3, 0.4) is 0 Å². The number of ether oxygens (including phenoxy) is 1. The number of carbonyl (C=O) groups excluding carboxylic acids is 2. The number of morpholine rings is 1. The minimum Gasteiger partial charge on any atom is -0.379 e. The Balaban J connectivity index is 1.48. The average molecular weight is 319 g/mol. The van der Waals surface area contributed by atoms with Crippen molar-refractivity contribution in [2.24, 2.45) is 0 Å². The maximum absolute atomic E-state index is 12.0. The van der Waals surface area contributed by atoms with Crippen molar-refractivity contribution in [1.82, 2.24) is 15.7 Å². The van der Waals surface area contributed by atoms with E-state index in [4.69, 9.17) is 9.57 Å². The van der Waals surface area contributed by atoms with Gasteiger partial charge in [0.15, 0.2) is 5.75 Å². The Kier molecular flexibility index (Phi) is 5.09. The summed E-state index contributed by atoms with van der Waals surface area (Å²) in [6, 6.07) is 7.44. The van der Waals surface area contributed by atoms with Crippen LogP contribution in [0, 0.1) is 0 Å². The fraction of sp³-hybridized carbons (Fsp3) is 0.500. The van der Waals surface area contributed by atoms with E-state index in [1.54, 1.807) is 0 Å². The standard InChI is InChI=1S/C16H21N3O4/c20-15(11-19-7-9-22-10-8-19)17-6-5-13-12-3-1-2-4-14(12)23-18-16(13)21/h1-4,13H,5-11H2,(H,17,20)(H,18,21). The van der Waals surface area contributed by atoms with Gasteiger partial charge in [0.25, 0.3) is 5.91 Å². The van der Waals surface area contributed by atoms with Gasteiger partial charge in [-0.3, -0.25) is 14.5 Å². The Morgan fingerprint density at radius 3 is 2.91 bits per heavy atom. The first-order valence-electron chi connectivity index (χ1n) is 7.86. The Morgan fingerprint density at radius 1 is 1.30 bits per heavy atom.